The van der Waals surface area contributed by atoms with E-state index >= 15 is 0 Å². The molecule has 120 valence electrons. The molecular formula is C17H22O4Se. The van der Waals surface area contributed by atoms with Crippen molar-refractivity contribution >= 4 is 25.4 Å². The summed E-state index contributed by atoms with van der Waals surface area (Å²) in [5, 5.41) is 0. The van der Waals surface area contributed by atoms with Gasteiger partial charge in [-0.25, -0.2) is 0 Å². The molecule has 0 radical (unpaired) electrons. The molecule has 2 aliphatic rings. The SMILES string of the molecule is CC1(C)COC(=O)[C@@H]1O[C@H]1OCCC[C@@H]1[Se]c1ccccc1. The average molecular weight is 369 g/mol. The number of rotatable bonds is 4. The molecule has 0 bridgehead atoms. The van der Waals surface area contributed by atoms with Gasteiger partial charge in [0.1, 0.15) is 0 Å². The molecule has 2 saturated heterocycles. The van der Waals surface area contributed by atoms with Crippen LogP contribution < -0.4 is 4.46 Å². The van der Waals surface area contributed by atoms with E-state index in [1.165, 1.54) is 4.46 Å². The van der Waals surface area contributed by atoms with Crippen LogP contribution in [0.3, 0.4) is 0 Å². The van der Waals surface area contributed by atoms with Crippen molar-refractivity contribution in [1.82, 2.24) is 0 Å². The second kappa shape index (κ2) is 6.71. The van der Waals surface area contributed by atoms with Crippen molar-refractivity contribution in [3.05, 3.63) is 30.3 Å². The normalized spacial score (nSPS) is 31.0. The van der Waals surface area contributed by atoms with Crippen LogP contribution in [-0.2, 0) is 19.0 Å². The summed E-state index contributed by atoms with van der Waals surface area (Å²) >= 11 is 0.277. The molecule has 2 fully saturated rings. The number of carbonyl (C=O) groups excluding carboxylic acids is 1. The number of cyclic esters (lactones) is 1. The van der Waals surface area contributed by atoms with Gasteiger partial charge >= 0.3 is 137 Å². The second-order valence-corrected chi connectivity index (χ2v) is 9.22. The van der Waals surface area contributed by atoms with Crippen molar-refractivity contribution in [3.8, 4) is 0 Å². The van der Waals surface area contributed by atoms with Crippen molar-refractivity contribution in [2.24, 2.45) is 5.41 Å². The maximum absolute atomic E-state index is 11.9. The van der Waals surface area contributed by atoms with E-state index in [2.05, 4.69) is 24.3 Å². The zero-order valence-corrected chi connectivity index (χ0v) is 14.7. The zero-order chi connectivity index (χ0) is 15.6. The molecule has 3 atom stereocenters. The van der Waals surface area contributed by atoms with Gasteiger partial charge in [-0.2, -0.15) is 0 Å². The molecule has 0 saturated carbocycles. The van der Waals surface area contributed by atoms with Crippen molar-refractivity contribution in [3.63, 3.8) is 0 Å². The third-order valence-corrected chi connectivity index (χ3v) is 6.77. The predicted octanol–water partition coefficient (Wildman–Crippen LogP) is 1.91. The number of hydrogen-bond acceptors (Lipinski definition) is 4. The molecule has 0 amide bonds. The summed E-state index contributed by atoms with van der Waals surface area (Å²) in [6.45, 7) is 5.12. The van der Waals surface area contributed by atoms with Crippen LogP contribution in [0.2, 0.25) is 4.82 Å². The molecule has 3 rings (SSSR count). The van der Waals surface area contributed by atoms with E-state index in [0.717, 1.165) is 12.8 Å². The standard InChI is InChI=1S/C17H22O4Se/c1-17(2)11-20-15(18)14(17)21-16-13(9-6-10-19-16)22-12-7-4-3-5-8-12/h3-5,7-8,13-14,16H,6,9-11H2,1-2H3/t13-,14-,16+/m0/s1. The van der Waals surface area contributed by atoms with E-state index in [1.807, 2.05) is 19.9 Å². The number of ether oxygens (including phenoxy) is 3. The van der Waals surface area contributed by atoms with Gasteiger partial charge in [0.15, 0.2) is 0 Å². The molecule has 0 aromatic heterocycles. The fourth-order valence-corrected chi connectivity index (χ4v) is 5.27. The topological polar surface area (TPSA) is 44.8 Å². The van der Waals surface area contributed by atoms with Crippen molar-refractivity contribution in [2.45, 2.75) is 43.9 Å². The third kappa shape index (κ3) is 3.54. The first-order valence-corrected chi connectivity index (χ1v) is 9.56. The summed E-state index contributed by atoms with van der Waals surface area (Å²) in [7, 11) is 0. The van der Waals surface area contributed by atoms with Crippen molar-refractivity contribution < 1.29 is 19.0 Å². The Labute approximate surface area is 137 Å². The molecule has 4 nitrogen and oxygen atoms in total. The van der Waals surface area contributed by atoms with Crippen molar-refractivity contribution in [1.29, 1.82) is 0 Å². The summed E-state index contributed by atoms with van der Waals surface area (Å²) in [6.07, 6.45) is 1.31. The van der Waals surface area contributed by atoms with E-state index in [1.54, 1.807) is 0 Å². The van der Waals surface area contributed by atoms with Gasteiger partial charge in [-0.15, -0.1) is 0 Å². The fraction of sp³-hybridized carbons (Fsp3) is 0.588. The minimum atomic E-state index is -0.523. The Morgan fingerprint density at radius 3 is 2.73 bits per heavy atom. The summed E-state index contributed by atoms with van der Waals surface area (Å²) < 4.78 is 18.4. The Morgan fingerprint density at radius 2 is 2.05 bits per heavy atom. The molecule has 0 unspecified atom stereocenters. The average Bonchev–Trinajstić information content (AvgIpc) is 2.77. The first-order chi connectivity index (χ1) is 10.6. The fourth-order valence-electron chi connectivity index (χ4n) is 2.74. The summed E-state index contributed by atoms with van der Waals surface area (Å²) in [6, 6.07) is 10.5. The monoisotopic (exact) mass is 370 g/mol. The molecule has 2 aliphatic heterocycles. The van der Waals surface area contributed by atoms with Gasteiger partial charge in [0.25, 0.3) is 0 Å². The van der Waals surface area contributed by atoms with E-state index in [-0.39, 0.29) is 32.6 Å². The van der Waals surface area contributed by atoms with Crippen LogP contribution in [0.4, 0.5) is 0 Å². The first-order valence-electron chi connectivity index (χ1n) is 7.72. The van der Waals surface area contributed by atoms with Crippen LogP contribution >= 0.6 is 0 Å². The third-order valence-electron chi connectivity index (χ3n) is 4.03. The van der Waals surface area contributed by atoms with Gasteiger partial charge in [-0.3, -0.25) is 0 Å². The van der Waals surface area contributed by atoms with Crippen LogP contribution in [0, 0.1) is 5.41 Å². The molecular weight excluding hydrogens is 347 g/mol. The Kier molecular flexibility index (Phi) is 4.88. The Balaban J connectivity index is 1.69. The van der Waals surface area contributed by atoms with Gasteiger partial charge < -0.3 is 0 Å². The summed E-state index contributed by atoms with van der Waals surface area (Å²) in [5.74, 6) is -0.259. The Hall–Kier alpha value is -0.871. The molecule has 0 spiro atoms. The van der Waals surface area contributed by atoms with Crippen LogP contribution in [0.15, 0.2) is 30.3 Å². The molecule has 22 heavy (non-hydrogen) atoms. The van der Waals surface area contributed by atoms with Crippen LogP contribution in [0.25, 0.3) is 0 Å². The van der Waals surface area contributed by atoms with Gasteiger partial charge in [0.2, 0.25) is 0 Å². The Morgan fingerprint density at radius 1 is 1.27 bits per heavy atom. The molecule has 0 N–H and O–H groups in total. The van der Waals surface area contributed by atoms with Gasteiger partial charge in [-0.1, -0.05) is 0 Å². The molecule has 5 heteroatoms. The van der Waals surface area contributed by atoms with E-state index in [9.17, 15) is 4.79 Å². The quantitative estimate of drug-likeness (QED) is 0.601. The number of carbonyl (C=O) groups is 1. The summed E-state index contributed by atoms with van der Waals surface area (Å²) in [5.41, 5.74) is -0.289. The van der Waals surface area contributed by atoms with E-state index < -0.39 is 6.10 Å². The van der Waals surface area contributed by atoms with E-state index in [0.29, 0.717) is 18.0 Å². The number of esters is 1. The van der Waals surface area contributed by atoms with Crippen molar-refractivity contribution in [2.75, 3.05) is 13.2 Å². The first kappa shape index (κ1) is 16.0. The molecule has 1 aromatic carbocycles. The summed E-state index contributed by atoms with van der Waals surface area (Å²) in [4.78, 5) is 12.3. The Bertz CT molecular complexity index is 517. The van der Waals surface area contributed by atoms with Crippen LogP contribution in [0.1, 0.15) is 26.7 Å². The number of hydrogen-bond donors (Lipinski definition) is 0. The van der Waals surface area contributed by atoms with E-state index in [4.69, 9.17) is 14.2 Å². The number of benzene rings is 1. The van der Waals surface area contributed by atoms with Gasteiger partial charge in [-0.05, 0) is 0 Å². The molecule has 2 heterocycles. The zero-order valence-electron chi connectivity index (χ0n) is 13.0. The van der Waals surface area contributed by atoms with Crippen LogP contribution in [-0.4, -0.2) is 46.5 Å². The predicted molar refractivity (Wildman–Crippen MR) is 84.2 cm³/mol. The minimum absolute atomic E-state index is 0.259. The molecule has 1 aromatic rings. The molecule has 0 aliphatic carbocycles. The van der Waals surface area contributed by atoms with Gasteiger partial charge in [0.05, 0.1) is 0 Å². The van der Waals surface area contributed by atoms with Gasteiger partial charge in [0, 0.05) is 0 Å². The van der Waals surface area contributed by atoms with Crippen LogP contribution in [0.5, 0.6) is 0 Å². The maximum atomic E-state index is 11.9. The second-order valence-electron chi connectivity index (χ2n) is 6.46.